The maximum Gasteiger partial charge on any atom is 0.270 e. The summed E-state index contributed by atoms with van der Waals surface area (Å²) < 4.78 is 0. The lowest BCUT2D eigenvalue weighted by molar-refractivity contribution is 0.0994. The van der Waals surface area contributed by atoms with Crippen LogP contribution in [0.1, 0.15) is 29.5 Å². The molecule has 2 heterocycles. The van der Waals surface area contributed by atoms with Crippen LogP contribution in [-0.2, 0) is 0 Å². The predicted octanol–water partition coefficient (Wildman–Crippen LogP) is -0.741. The fourth-order valence-corrected chi connectivity index (χ4v) is 1.40. The van der Waals surface area contributed by atoms with Crippen molar-refractivity contribution < 1.29 is 4.79 Å². The van der Waals surface area contributed by atoms with Gasteiger partial charge >= 0.3 is 0 Å². The standard InChI is InChI=1S/C7H11N5O/c8-7(13)5-4-10-12(11-5)6-2-1-3-9-6/h4,6,9H,1-3H2,(H2,8,13)/t6-/m0/s1. The second kappa shape index (κ2) is 3.14. The van der Waals surface area contributed by atoms with Crippen LogP contribution >= 0.6 is 0 Å². The number of aromatic nitrogens is 3. The first kappa shape index (κ1) is 8.18. The average molecular weight is 181 g/mol. The number of amides is 1. The van der Waals surface area contributed by atoms with Gasteiger partial charge in [-0.3, -0.25) is 10.1 Å². The van der Waals surface area contributed by atoms with Crippen molar-refractivity contribution in [3.8, 4) is 0 Å². The molecule has 1 aromatic rings. The molecule has 6 nitrogen and oxygen atoms in total. The van der Waals surface area contributed by atoms with Gasteiger partial charge < -0.3 is 5.73 Å². The van der Waals surface area contributed by atoms with Crippen molar-refractivity contribution in [1.82, 2.24) is 20.3 Å². The second-order valence-electron chi connectivity index (χ2n) is 3.03. The first-order chi connectivity index (χ1) is 6.27. The monoisotopic (exact) mass is 181 g/mol. The van der Waals surface area contributed by atoms with E-state index in [-0.39, 0.29) is 11.9 Å². The maximum atomic E-state index is 10.7. The van der Waals surface area contributed by atoms with E-state index in [0.29, 0.717) is 0 Å². The van der Waals surface area contributed by atoms with E-state index in [1.165, 1.54) is 11.0 Å². The Labute approximate surface area is 75.1 Å². The van der Waals surface area contributed by atoms with Crippen molar-refractivity contribution in [2.45, 2.75) is 19.0 Å². The number of hydrogen-bond acceptors (Lipinski definition) is 4. The Morgan fingerprint density at radius 1 is 1.77 bits per heavy atom. The topological polar surface area (TPSA) is 85.8 Å². The Hall–Kier alpha value is -1.43. The number of primary amides is 1. The van der Waals surface area contributed by atoms with Crippen LogP contribution in [-0.4, -0.2) is 27.4 Å². The Kier molecular flexibility index (Phi) is 1.97. The molecule has 0 aliphatic carbocycles. The molecule has 70 valence electrons. The van der Waals surface area contributed by atoms with E-state index in [1.807, 2.05) is 0 Å². The first-order valence-corrected chi connectivity index (χ1v) is 4.22. The molecule has 1 fully saturated rings. The van der Waals surface area contributed by atoms with E-state index in [4.69, 9.17) is 5.73 Å². The summed E-state index contributed by atoms with van der Waals surface area (Å²) in [5, 5.41) is 11.1. The summed E-state index contributed by atoms with van der Waals surface area (Å²) in [5.41, 5.74) is 5.27. The Morgan fingerprint density at radius 3 is 3.15 bits per heavy atom. The lowest BCUT2D eigenvalue weighted by Gasteiger charge is -2.07. The van der Waals surface area contributed by atoms with Gasteiger partial charge in [-0.1, -0.05) is 0 Å². The summed E-state index contributed by atoms with van der Waals surface area (Å²) >= 11 is 0. The molecule has 1 aromatic heterocycles. The average Bonchev–Trinajstić information content (AvgIpc) is 2.75. The minimum atomic E-state index is -0.538. The van der Waals surface area contributed by atoms with Gasteiger partial charge in [-0.25, -0.2) is 0 Å². The van der Waals surface area contributed by atoms with Gasteiger partial charge in [-0.15, -0.1) is 5.10 Å². The highest BCUT2D eigenvalue weighted by molar-refractivity contribution is 5.90. The van der Waals surface area contributed by atoms with Crippen molar-refractivity contribution in [2.75, 3.05) is 6.54 Å². The van der Waals surface area contributed by atoms with Crippen LogP contribution in [0, 0.1) is 0 Å². The van der Waals surface area contributed by atoms with Gasteiger partial charge in [0, 0.05) is 0 Å². The highest BCUT2D eigenvalue weighted by Gasteiger charge is 2.18. The van der Waals surface area contributed by atoms with E-state index in [0.717, 1.165) is 19.4 Å². The first-order valence-electron chi connectivity index (χ1n) is 4.22. The zero-order valence-electron chi connectivity index (χ0n) is 7.10. The number of carbonyl (C=O) groups is 1. The molecule has 13 heavy (non-hydrogen) atoms. The number of rotatable bonds is 2. The highest BCUT2D eigenvalue weighted by Crippen LogP contribution is 2.13. The van der Waals surface area contributed by atoms with E-state index in [2.05, 4.69) is 15.5 Å². The lowest BCUT2D eigenvalue weighted by atomic mass is 10.3. The Balaban J connectivity index is 2.16. The van der Waals surface area contributed by atoms with Gasteiger partial charge in [0.05, 0.1) is 6.20 Å². The molecule has 0 bridgehead atoms. The fourth-order valence-electron chi connectivity index (χ4n) is 1.40. The Bertz CT molecular complexity index is 314. The summed E-state index contributed by atoms with van der Waals surface area (Å²) in [7, 11) is 0. The molecule has 1 atom stereocenters. The summed E-state index contributed by atoms with van der Waals surface area (Å²) in [5.74, 6) is -0.538. The molecule has 6 heteroatoms. The van der Waals surface area contributed by atoms with Gasteiger partial charge in [0.25, 0.3) is 5.91 Å². The summed E-state index contributed by atoms with van der Waals surface area (Å²) in [6, 6.07) is 0. The molecule has 0 aromatic carbocycles. The molecular weight excluding hydrogens is 170 g/mol. The van der Waals surface area contributed by atoms with Crippen LogP contribution in [0.5, 0.6) is 0 Å². The minimum Gasteiger partial charge on any atom is -0.364 e. The minimum absolute atomic E-state index is 0.119. The molecule has 0 radical (unpaired) electrons. The van der Waals surface area contributed by atoms with Crippen LogP contribution in [0.4, 0.5) is 0 Å². The maximum absolute atomic E-state index is 10.7. The quantitative estimate of drug-likeness (QED) is 0.629. The van der Waals surface area contributed by atoms with Gasteiger partial charge in [0.15, 0.2) is 5.69 Å². The fraction of sp³-hybridized carbons (Fsp3) is 0.571. The van der Waals surface area contributed by atoms with E-state index in [9.17, 15) is 4.79 Å². The zero-order chi connectivity index (χ0) is 9.26. The molecule has 0 unspecified atom stereocenters. The van der Waals surface area contributed by atoms with Crippen molar-refractivity contribution in [3.05, 3.63) is 11.9 Å². The normalized spacial score (nSPS) is 22.0. The van der Waals surface area contributed by atoms with Crippen LogP contribution in [0.2, 0.25) is 0 Å². The van der Waals surface area contributed by atoms with Crippen molar-refractivity contribution in [1.29, 1.82) is 0 Å². The molecule has 0 spiro atoms. The molecule has 1 amide bonds. The molecule has 1 aliphatic rings. The zero-order valence-corrected chi connectivity index (χ0v) is 7.10. The van der Waals surface area contributed by atoms with Gasteiger partial charge in [-0.05, 0) is 19.4 Å². The molecular formula is C7H11N5O. The largest absolute Gasteiger partial charge is 0.364 e. The number of hydrogen-bond donors (Lipinski definition) is 2. The van der Waals surface area contributed by atoms with Gasteiger partial charge in [0.1, 0.15) is 6.17 Å². The highest BCUT2D eigenvalue weighted by atomic mass is 16.1. The van der Waals surface area contributed by atoms with Crippen LogP contribution in [0.25, 0.3) is 0 Å². The number of nitrogens with zero attached hydrogens (tertiary/aromatic N) is 3. The molecule has 1 saturated heterocycles. The molecule has 3 N–H and O–H groups in total. The van der Waals surface area contributed by atoms with E-state index < -0.39 is 5.91 Å². The molecule has 0 saturated carbocycles. The third-order valence-electron chi connectivity index (χ3n) is 2.07. The van der Waals surface area contributed by atoms with Gasteiger partial charge in [0.2, 0.25) is 0 Å². The van der Waals surface area contributed by atoms with Crippen molar-refractivity contribution in [2.24, 2.45) is 5.73 Å². The molecule has 2 rings (SSSR count). The second-order valence-corrected chi connectivity index (χ2v) is 3.03. The summed E-state index contributed by atoms with van der Waals surface area (Å²) in [4.78, 5) is 12.2. The van der Waals surface area contributed by atoms with E-state index >= 15 is 0 Å². The van der Waals surface area contributed by atoms with Crippen molar-refractivity contribution >= 4 is 5.91 Å². The predicted molar refractivity (Wildman–Crippen MR) is 44.8 cm³/mol. The summed E-state index contributed by atoms with van der Waals surface area (Å²) in [6.07, 6.45) is 3.61. The third-order valence-corrected chi connectivity index (χ3v) is 2.07. The number of nitrogens with one attached hydrogen (secondary N) is 1. The third kappa shape index (κ3) is 1.52. The lowest BCUT2D eigenvalue weighted by Crippen LogP contribution is -2.22. The summed E-state index contributed by atoms with van der Waals surface area (Å²) in [6.45, 7) is 0.970. The number of carbonyl (C=O) groups excluding carboxylic acids is 1. The SMILES string of the molecule is NC(=O)c1cnn([C@H]2CCCN2)n1. The van der Waals surface area contributed by atoms with Crippen molar-refractivity contribution in [3.63, 3.8) is 0 Å². The Morgan fingerprint density at radius 2 is 2.62 bits per heavy atom. The smallest absolute Gasteiger partial charge is 0.270 e. The van der Waals surface area contributed by atoms with Gasteiger partial charge in [-0.2, -0.15) is 9.90 Å². The van der Waals surface area contributed by atoms with Crippen LogP contribution in [0.3, 0.4) is 0 Å². The van der Waals surface area contributed by atoms with E-state index in [1.54, 1.807) is 0 Å². The van der Waals surface area contributed by atoms with Crippen LogP contribution < -0.4 is 11.1 Å². The van der Waals surface area contributed by atoms with Crippen LogP contribution in [0.15, 0.2) is 6.20 Å². The molecule has 1 aliphatic heterocycles. The number of nitrogens with two attached hydrogens (primary N) is 1.